The van der Waals surface area contributed by atoms with Crippen LogP contribution in [0.5, 0.6) is 0 Å². The number of fused-ring (bicyclic) bond motifs is 9. The minimum Gasteiger partial charge on any atom is -0.316 e. The average Bonchev–Trinajstić information content (AvgIpc) is 3.37. The molecule has 1 aliphatic carbocycles. The first kappa shape index (κ1) is 19.1. The van der Waals surface area contributed by atoms with Gasteiger partial charge in [-0.05, 0) is 68.7 Å². The third kappa shape index (κ3) is 2.53. The molecule has 0 N–H and O–H groups in total. The fourth-order valence-electron chi connectivity index (χ4n) is 5.86. The predicted molar refractivity (Wildman–Crippen MR) is 144 cm³/mol. The van der Waals surface area contributed by atoms with Gasteiger partial charge in [0.05, 0.1) is 5.52 Å². The summed E-state index contributed by atoms with van der Waals surface area (Å²) < 4.78 is 3.51. The Morgan fingerprint density at radius 1 is 0.606 bits per heavy atom. The largest absolute Gasteiger partial charge is 0.316 e. The van der Waals surface area contributed by atoms with Crippen LogP contribution in [0.25, 0.3) is 49.3 Å². The number of benzene rings is 5. The van der Waals surface area contributed by atoms with Gasteiger partial charge in [-0.1, -0.05) is 90.4 Å². The van der Waals surface area contributed by atoms with Gasteiger partial charge < -0.3 is 4.57 Å². The lowest BCUT2D eigenvalue weighted by Gasteiger charge is -2.22. The van der Waals surface area contributed by atoms with Crippen LogP contribution >= 0.6 is 15.9 Å². The minimum absolute atomic E-state index is 0.0395. The van der Waals surface area contributed by atoms with E-state index in [0.717, 1.165) is 4.47 Å². The van der Waals surface area contributed by atoms with Crippen LogP contribution in [-0.2, 0) is 5.41 Å². The van der Waals surface area contributed by atoms with Crippen molar-refractivity contribution in [3.05, 3.63) is 113 Å². The molecule has 0 fully saturated rings. The van der Waals surface area contributed by atoms with Crippen LogP contribution in [0.1, 0.15) is 25.0 Å². The topological polar surface area (TPSA) is 4.93 Å². The highest BCUT2D eigenvalue weighted by Gasteiger charge is 2.35. The van der Waals surface area contributed by atoms with Crippen molar-refractivity contribution in [1.29, 1.82) is 0 Å². The molecule has 1 heterocycles. The highest BCUT2D eigenvalue weighted by molar-refractivity contribution is 9.10. The molecule has 0 bridgehead atoms. The first-order valence-corrected chi connectivity index (χ1v) is 12.2. The molecular weight excluding hydrogens is 466 g/mol. The molecule has 0 aliphatic heterocycles. The summed E-state index contributed by atoms with van der Waals surface area (Å²) in [6.45, 7) is 4.68. The number of nitrogens with zero attached hydrogens (tertiary/aromatic N) is 1. The molecule has 7 rings (SSSR count). The summed E-state index contributed by atoms with van der Waals surface area (Å²) in [6, 6.07) is 33.5. The SMILES string of the molecule is CC1(C)c2cc(Br)ccc2-c2ccc(-n3ccc4c5ccccc5c5ccccc5c43)cc21. The monoisotopic (exact) mass is 487 g/mol. The Balaban J connectivity index is 1.53. The van der Waals surface area contributed by atoms with E-state index >= 15 is 0 Å². The molecule has 1 aromatic heterocycles. The summed E-state index contributed by atoms with van der Waals surface area (Å²) in [4.78, 5) is 0. The van der Waals surface area contributed by atoms with E-state index in [1.165, 1.54) is 60.4 Å². The lowest BCUT2D eigenvalue weighted by Crippen LogP contribution is -2.15. The Morgan fingerprint density at radius 3 is 1.85 bits per heavy atom. The third-order valence-electron chi connectivity index (χ3n) is 7.48. The van der Waals surface area contributed by atoms with Gasteiger partial charge >= 0.3 is 0 Å². The number of halogens is 1. The molecule has 0 atom stereocenters. The van der Waals surface area contributed by atoms with E-state index in [-0.39, 0.29) is 5.41 Å². The van der Waals surface area contributed by atoms with Gasteiger partial charge in [0.25, 0.3) is 0 Å². The molecule has 0 spiro atoms. The normalized spacial score (nSPS) is 14.2. The lowest BCUT2D eigenvalue weighted by molar-refractivity contribution is 0.659. The number of aromatic nitrogens is 1. The predicted octanol–water partition coefficient (Wildman–Crippen LogP) is 9.01. The third-order valence-corrected chi connectivity index (χ3v) is 7.97. The Labute approximate surface area is 201 Å². The van der Waals surface area contributed by atoms with Crippen LogP contribution in [0.3, 0.4) is 0 Å². The first-order valence-electron chi connectivity index (χ1n) is 11.4. The quantitative estimate of drug-likeness (QED) is 0.204. The van der Waals surface area contributed by atoms with Crippen LogP contribution in [0.15, 0.2) is 102 Å². The summed E-state index contributed by atoms with van der Waals surface area (Å²) in [6.07, 6.45) is 2.23. The molecule has 33 heavy (non-hydrogen) atoms. The van der Waals surface area contributed by atoms with E-state index in [4.69, 9.17) is 0 Å². The second-order valence-corrected chi connectivity index (χ2v) is 10.5. The van der Waals surface area contributed by atoms with E-state index in [2.05, 4.69) is 132 Å². The first-order chi connectivity index (χ1) is 16.0. The molecule has 2 heteroatoms. The fourth-order valence-corrected chi connectivity index (χ4v) is 6.23. The van der Waals surface area contributed by atoms with Crippen LogP contribution in [0, 0.1) is 0 Å². The van der Waals surface area contributed by atoms with Crippen molar-refractivity contribution >= 4 is 48.4 Å². The summed E-state index contributed by atoms with van der Waals surface area (Å²) >= 11 is 3.67. The highest BCUT2D eigenvalue weighted by Crippen LogP contribution is 2.50. The standard InChI is InChI=1S/C31H22BrN/c1-31(2)28-17-19(32)11-13-24(28)25-14-12-20(18-29(25)31)33-16-15-27-23-9-4-3-7-21(23)22-8-5-6-10-26(22)30(27)33/h3-18H,1-2H3. The highest BCUT2D eigenvalue weighted by atomic mass is 79.9. The number of hydrogen-bond acceptors (Lipinski definition) is 0. The Kier molecular flexibility index (Phi) is 3.82. The lowest BCUT2D eigenvalue weighted by atomic mass is 9.82. The van der Waals surface area contributed by atoms with Crippen molar-refractivity contribution in [1.82, 2.24) is 4.57 Å². The van der Waals surface area contributed by atoms with Crippen molar-refractivity contribution in [3.8, 4) is 16.8 Å². The molecule has 1 aliphatic rings. The van der Waals surface area contributed by atoms with Crippen molar-refractivity contribution in [3.63, 3.8) is 0 Å². The van der Waals surface area contributed by atoms with Crippen molar-refractivity contribution < 1.29 is 0 Å². The average molecular weight is 488 g/mol. The Hall–Kier alpha value is -3.36. The van der Waals surface area contributed by atoms with Gasteiger partial charge in [0.2, 0.25) is 0 Å². The van der Waals surface area contributed by atoms with Gasteiger partial charge in [-0.3, -0.25) is 0 Å². The maximum absolute atomic E-state index is 3.67. The molecule has 6 aromatic rings. The maximum atomic E-state index is 3.67. The zero-order chi connectivity index (χ0) is 22.3. The molecular formula is C31H22BrN. The van der Waals surface area contributed by atoms with Gasteiger partial charge in [0, 0.05) is 32.5 Å². The molecule has 0 saturated carbocycles. The molecule has 158 valence electrons. The maximum Gasteiger partial charge on any atom is 0.0613 e. The zero-order valence-electron chi connectivity index (χ0n) is 18.6. The molecule has 0 radical (unpaired) electrons. The van der Waals surface area contributed by atoms with Gasteiger partial charge in [-0.15, -0.1) is 0 Å². The fraction of sp³-hybridized carbons (Fsp3) is 0.0968. The van der Waals surface area contributed by atoms with E-state index < -0.39 is 0 Å². The van der Waals surface area contributed by atoms with Crippen LogP contribution < -0.4 is 0 Å². The molecule has 5 aromatic carbocycles. The molecule has 0 amide bonds. The van der Waals surface area contributed by atoms with Crippen LogP contribution in [0.2, 0.25) is 0 Å². The zero-order valence-corrected chi connectivity index (χ0v) is 20.1. The van der Waals surface area contributed by atoms with E-state index in [0.29, 0.717) is 0 Å². The number of rotatable bonds is 1. The van der Waals surface area contributed by atoms with Gasteiger partial charge in [-0.2, -0.15) is 0 Å². The van der Waals surface area contributed by atoms with Crippen LogP contribution in [-0.4, -0.2) is 4.57 Å². The molecule has 0 unspecified atom stereocenters. The summed E-state index contributed by atoms with van der Waals surface area (Å²) in [5.74, 6) is 0. The molecule has 1 nitrogen and oxygen atoms in total. The van der Waals surface area contributed by atoms with Crippen molar-refractivity contribution in [2.45, 2.75) is 19.3 Å². The van der Waals surface area contributed by atoms with Crippen molar-refractivity contribution in [2.24, 2.45) is 0 Å². The van der Waals surface area contributed by atoms with Gasteiger partial charge in [0.1, 0.15) is 0 Å². The van der Waals surface area contributed by atoms with Gasteiger partial charge in [0.15, 0.2) is 0 Å². The Bertz CT molecular complexity index is 1750. The number of hydrogen-bond donors (Lipinski definition) is 0. The second-order valence-electron chi connectivity index (χ2n) is 9.58. The summed E-state index contributed by atoms with van der Waals surface area (Å²) in [5, 5.41) is 6.52. The minimum atomic E-state index is -0.0395. The van der Waals surface area contributed by atoms with Gasteiger partial charge in [-0.25, -0.2) is 0 Å². The summed E-state index contributed by atoms with van der Waals surface area (Å²) in [5.41, 5.74) is 7.92. The van der Waals surface area contributed by atoms with Crippen LogP contribution in [0.4, 0.5) is 0 Å². The second kappa shape index (κ2) is 6.59. The van der Waals surface area contributed by atoms with E-state index in [1.54, 1.807) is 0 Å². The Morgan fingerprint density at radius 2 is 1.15 bits per heavy atom. The van der Waals surface area contributed by atoms with E-state index in [9.17, 15) is 0 Å². The smallest absolute Gasteiger partial charge is 0.0613 e. The van der Waals surface area contributed by atoms with Crippen molar-refractivity contribution in [2.75, 3.05) is 0 Å². The molecule has 0 saturated heterocycles. The van der Waals surface area contributed by atoms with E-state index in [1.807, 2.05) is 0 Å². The summed E-state index contributed by atoms with van der Waals surface area (Å²) in [7, 11) is 0.